The van der Waals surface area contributed by atoms with Gasteiger partial charge in [-0.1, -0.05) is 91.9 Å². The van der Waals surface area contributed by atoms with E-state index in [1.54, 1.807) is 44.6 Å². The number of nitrogens with one attached hydrogen (secondary N) is 1. The molecule has 5 aromatic rings. The molecule has 7 rings (SSSR count). The van der Waals surface area contributed by atoms with Crippen LogP contribution >= 0.6 is 0 Å². The molecule has 0 amide bonds. The summed E-state index contributed by atoms with van der Waals surface area (Å²) in [5, 5.41) is 9.66. The highest BCUT2D eigenvalue weighted by Crippen LogP contribution is 2.43. The minimum absolute atomic E-state index is 0.0125. The first kappa shape index (κ1) is 36.8. The van der Waals surface area contributed by atoms with Crippen LogP contribution in [0.3, 0.4) is 0 Å². The minimum Gasteiger partial charge on any atom is -0.493 e. The zero-order valence-corrected chi connectivity index (χ0v) is 31.1. The molecule has 276 valence electrons. The van der Waals surface area contributed by atoms with Gasteiger partial charge in [0.05, 0.1) is 37.9 Å². The van der Waals surface area contributed by atoms with E-state index >= 15 is 0 Å². The molecule has 1 fully saturated rings. The molecule has 2 aliphatic rings. The van der Waals surface area contributed by atoms with Crippen molar-refractivity contribution in [2.75, 3.05) is 27.3 Å². The standard InChI is InChI=1S/C43H46N2O7S/c1-29-41(27-45-21-20-36-23-39(49-2)40(50-3)24-37(36)26-45)51-43(52-42(29)33-14-12-30(28-46)13-15-33)34-18-16-32(17-19-34)35-9-7-8-31(22-35)25-44-53(47,48)38-10-5-4-6-11-38/h4-19,22-24,29,41-44,46H,20-21,25-28H2,1-3H3/t29-,41+,42+,43+/m0/s1. The molecule has 5 aromatic carbocycles. The molecule has 53 heavy (non-hydrogen) atoms. The van der Waals surface area contributed by atoms with Crippen molar-refractivity contribution in [3.05, 3.63) is 149 Å². The van der Waals surface area contributed by atoms with E-state index in [0.717, 1.165) is 70.9 Å². The number of sulfonamides is 1. The first-order valence-electron chi connectivity index (χ1n) is 18.0. The molecule has 10 heteroatoms. The molecule has 2 heterocycles. The molecule has 0 aromatic heterocycles. The van der Waals surface area contributed by atoms with Crippen LogP contribution in [0.1, 0.15) is 52.7 Å². The Morgan fingerprint density at radius 1 is 0.774 bits per heavy atom. The Morgan fingerprint density at radius 3 is 2.17 bits per heavy atom. The molecule has 1 saturated heterocycles. The van der Waals surface area contributed by atoms with Crippen LogP contribution in [0, 0.1) is 5.92 Å². The Bertz CT molecular complexity index is 2110. The normalized spacial score (nSPS) is 20.5. The summed E-state index contributed by atoms with van der Waals surface area (Å²) in [4.78, 5) is 2.68. The van der Waals surface area contributed by atoms with E-state index in [2.05, 4.69) is 40.8 Å². The number of hydrogen-bond donors (Lipinski definition) is 2. The van der Waals surface area contributed by atoms with E-state index in [9.17, 15) is 13.5 Å². The summed E-state index contributed by atoms with van der Waals surface area (Å²) in [6, 6.07) is 36.6. The lowest BCUT2D eigenvalue weighted by molar-refractivity contribution is -0.276. The first-order chi connectivity index (χ1) is 25.7. The van der Waals surface area contributed by atoms with E-state index in [-0.39, 0.29) is 36.2 Å². The van der Waals surface area contributed by atoms with Gasteiger partial charge in [-0.2, -0.15) is 0 Å². The summed E-state index contributed by atoms with van der Waals surface area (Å²) >= 11 is 0. The van der Waals surface area contributed by atoms with Gasteiger partial charge in [0.15, 0.2) is 17.8 Å². The van der Waals surface area contributed by atoms with Crippen molar-refractivity contribution >= 4 is 10.0 Å². The van der Waals surface area contributed by atoms with Crippen LogP contribution in [0.5, 0.6) is 11.5 Å². The summed E-state index contributed by atoms with van der Waals surface area (Å²) < 4.78 is 53.0. The quantitative estimate of drug-likeness (QED) is 0.139. The van der Waals surface area contributed by atoms with Crippen LogP contribution in [0.4, 0.5) is 0 Å². The highest BCUT2D eigenvalue weighted by atomic mass is 32.2. The van der Waals surface area contributed by atoms with Gasteiger partial charge in [-0.15, -0.1) is 0 Å². The molecule has 0 saturated carbocycles. The van der Waals surface area contributed by atoms with E-state index in [0.29, 0.717) is 0 Å². The lowest BCUT2D eigenvalue weighted by Gasteiger charge is -2.43. The van der Waals surface area contributed by atoms with E-state index in [1.165, 1.54) is 11.1 Å². The average molecular weight is 735 g/mol. The van der Waals surface area contributed by atoms with Gasteiger partial charge in [0.2, 0.25) is 10.0 Å². The third-order valence-corrected chi connectivity index (χ3v) is 11.7. The van der Waals surface area contributed by atoms with Crippen LogP contribution in [0.25, 0.3) is 11.1 Å². The average Bonchev–Trinajstić information content (AvgIpc) is 3.21. The second kappa shape index (κ2) is 16.2. The highest BCUT2D eigenvalue weighted by molar-refractivity contribution is 7.89. The molecule has 0 radical (unpaired) electrons. The summed E-state index contributed by atoms with van der Waals surface area (Å²) in [5.74, 6) is 1.54. The second-order valence-electron chi connectivity index (χ2n) is 13.7. The van der Waals surface area contributed by atoms with Crippen LogP contribution in [-0.4, -0.2) is 51.8 Å². The fraction of sp³-hybridized carbons (Fsp3) is 0.302. The summed E-state index contributed by atoms with van der Waals surface area (Å²) in [7, 11) is -0.286. The Hall–Kier alpha value is -4.55. The van der Waals surface area contributed by atoms with Crippen LogP contribution < -0.4 is 14.2 Å². The van der Waals surface area contributed by atoms with Gasteiger partial charge in [0, 0.05) is 37.7 Å². The summed E-state index contributed by atoms with van der Waals surface area (Å²) in [6.07, 6.45) is -0.0181. The Labute approximate surface area is 312 Å². The third-order valence-electron chi connectivity index (χ3n) is 10.3. The zero-order valence-electron chi connectivity index (χ0n) is 30.3. The van der Waals surface area contributed by atoms with Crippen LogP contribution in [0.15, 0.2) is 120 Å². The second-order valence-corrected chi connectivity index (χ2v) is 15.5. The molecule has 4 atom stereocenters. The summed E-state index contributed by atoms with van der Waals surface area (Å²) in [5.41, 5.74) is 8.15. The largest absolute Gasteiger partial charge is 0.493 e. The number of aliphatic hydroxyl groups is 1. The molecule has 9 nitrogen and oxygen atoms in total. The highest BCUT2D eigenvalue weighted by Gasteiger charge is 2.39. The number of nitrogens with zero attached hydrogens (tertiary/aromatic N) is 1. The predicted octanol–water partition coefficient (Wildman–Crippen LogP) is 7.19. The van der Waals surface area contributed by atoms with Crippen molar-refractivity contribution in [1.29, 1.82) is 0 Å². The minimum atomic E-state index is -3.62. The van der Waals surface area contributed by atoms with Gasteiger partial charge in [-0.3, -0.25) is 4.90 Å². The number of benzene rings is 5. The van der Waals surface area contributed by atoms with E-state index in [1.807, 2.05) is 60.7 Å². The maximum Gasteiger partial charge on any atom is 0.240 e. The monoisotopic (exact) mass is 734 g/mol. The first-order valence-corrected chi connectivity index (χ1v) is 19.4. The smallest absolute Gasteiger partial charge is 0.240 e. The fourth-order valence-electron chi connectivity index (χ4n) is 7.23. The Balaban J connectivity index is 1.09. The molecular weight excluding hydrogens is 689 g/mol. The van der Waals surface area contributed by atoms with Crippen LogP contribution in [-0.2, 0) is 45.6 Å². The Kier molecular flexibility index (Phi) is 11.3. The van der Waals surface area contributed by atoms with Gasteiger partial charge in [0.1, 0.15) is 0 Å². The lowest BCUT2D eigenvalue weighted by Crippen LogP contribution is -2.45. The van der Waals surface area contributed by atoms with Gasteiger partial charge >= 0.3 is 0 Å². The zero-order chi connectivity index (χ0) is 37.0. The topological polar surface area (TPSA) is 107 Å². The van der Waals surface area contributed by atoms with Crippen molar-refractivity contribution in [2.24, 2.45) is 5.92 Å². The van der Waals surface area contributed by atoms with Gasteiger partial charge in [-0.25, -0.2) is 13.1 Å². The molecule has 2 aliphatic heterocycles. The molecule has 2 N–H and O–H groups in total. The van der Waals surface area contributed by atoms with Crippen molar-refractivity contribution in [2.45, 2.75) is 56.4 Å². The van der Waals surface area contributed by atoms with E-state index < -0.39 is 16.3 Å². The molecule has 0 aliphatic carbocycles. The lowest BCUT2D eigenvalue weighted by atomic mass is 9.89. The van der Waals surface area contributed by atoms with Gasteiger partial charge in [-0.05, 0) is 75.7 Å². The Morgan fingerprint density at radius 2 is 1.47 bits per heavy atom. The summed E-state index contributed by atoms with van der Waals surface area (Å²) in [6.45, 7) is 4.77. The number of aliphatic hydroxyl groups excluding tert-OH is 1. The third kappa shape index (κ3) is 8.33. The SMILES string of the molecule is COc1cc2c(cc1OC)CN(C[C@H]1O[C@@H](c3ccc(-c4cccc(CNS(=O)(=O)c5ccccc5)c4)cc3)O[C@@H](c3ccc(CO)cc3)[C@H]1C)CC2. The van der Waals surface area contributed by atoms with Crippen molar-refractivity contribution < 1.29 is 32.5 Å². The fourth-order valence-corrected chi connectivity index (χ4v) is 8.27. The number of ether oxygens (including phenoxy) is 4. The number of fused-ring (bicyclic) bond motifs is 1. The predicted molar refractivity (Wildman–Crippen MR) is 204 cm³/mol. The molecule has 0 bridgehead atoms. The molecule has 0 unspecified atom stereocenters. The van der Waals surface area contributed by atoms with Crippen molar-refractivity contribution in [3.8, 4) is 22.6 Å². The van der Waals surface area contributed by atoms with Crippen molar-refractivity contribution in [1.82, 2.24) is 9.62 Å². The number of methoxy groups -OCH3 is 2. The van der Waals surface area contributed by atoms with Gasteiger partial charge < -0.3 is 24.1 Å². The molecule has 0 spiro atoms. The molecular formula is C43H46N2O7S. The van der Waals surface area contributed by atoms with Gasteiger partial charge in [0.25, 0.3) is 0 Å². The number of rotatable bonds is 12. The maximum atomic E-state index is 12.8. The van der Waals surface area contributed by atoms with E-state index in [4.69, 9.17) is 18.9 Å². The van der Waals surface area contributed by atoms with Crippen LogP contribution in [0.2, 0.25) is 0 Å². The van der Waals surface area contributed by atoms with Crippen molar-refractivity contribution in [3.63, 3.8) is 0 Å². The maximum absolute atomic E-state index is 12.8. The number of hydrogen-bond acceptors (Lipinski definition) is 8.